The molecule has 0 radical (unpaired) electrons. The Balaban J connectivity index is 2.38. The molecule has 0 bridgehead atoms. The van der Waals surface area contributed by atoms with Gasteiger partial charge in [0, 0.05) is 6.54 Å². The van der Waals surface area contributed by atoms with Crippen LogP contribution in [-0.4, -0.2) is 29.3 Å². The number of carbonyl (C=O) groups is 1. The quantitative estimate of drug-likeness (QED) is 0.783. The molecule has 0 spiro atoms. The summed E-state index contributed by atoms with van der Waals surface area (Å²) in [6.45, 7) is 2.03. The molecule has 7 heteroatoms. The van der Waals surface area contributed by atoms with Crippen LogP contribution in [0.3, 0.4) is 0 Å². The van der Waals surface area contributed by atoms with Crippen molar-refractivity contribution in [2.75, 3.05) is 12.3 Å². The Morgan fingerprint density at radius 2 is 2.06 bits per heavy atom. The number of hydrogen-bond acceptors (Lipinski definition) is 3. The second kappa shape index (κ2) is 4.83. The van der Waals surface area contributed by atoms with E-state index < -0.39 is 22.7 Å². The van der Waals surface area contributed by atoms with E-state index in [1.807, 2.05) is 0 Å². The van der Waals surface area contributed by atoms with Crippen molar-refractivity contribution >= 4 is 17.7 Å². The molecule has 1 aliphatic carbocycles. The summed E-state index contributed by atoms with van der Waals surface area (Å²) in [6.07, 6.45) is 1.95. The number of alkyl halides is 3. The predicted molar refractivity (Wildman–Crippen MR) is 56.8 cm³/mol. The van der Waals surface area contributed by atoms with Crippen molar-refractivity contribution in [3.63, 3.8) is 0 Å². The van der Waals surface area contributed by atoms with E-state index in [0.717, 1.165) is 12.8 Å². The third-order valence-electron chi connectivity index (χ3n) is 2.69. The highest BCUT2D eigenvalue weighted by atomic mass is 32.2. The summed E-state index contributed by atoms with van der Waals surface area (Å²) in [6, 6.07) is 0. The first kappa shape index (κ1) is 13.6. The van der Waals surface area contributed by atoms with Crippen molar-refractivity contribution in [2.45, 2.75) is 30.8 Å². The average Bonchev–Trinajstić information content (AvgIpc) is 2.96. The van der Waals surface area contributed by atoms with Gasteiger partial charge in [-0.3, -0.25) is 4.79 Å². The van der Waals surface area contributed by atoms with Crippen molar-refractivity contribution in [1.82, 2.24) is 5.32 Å². The summed E-state index contributed by atoms with van der Waals surface area (Å²) in [7, 11) is 0. The lowest BCUT2D eigenvalue weighted by Gasteiger charge is -2.29. The van der Waals surface area contributed by atoms with Gasteiger partial charge >= 0.3 is 5.51 Å². The Morgan fingerprint density at radius 1 is 1.50 bits per heavy atom. The topological polar surface area (TPSA) is 55.1 Å². The molecule has 0 aromatic carbocycles. The largest absolute Gasteiger partial charge is 0.442 e. The molecule has 3 nitrogen and oxygen atoms in total. The monoisotopic (exact) mass is 256 g/mol. The zero-order valence-electron chi connectivity index (χ0n) is 8.93. The first-order chi connectivity index (χ1) is 7.27. The molecule has 0 saturated heterocycles. The van der Waals surface area contributed by atoms with E-state index in [4.69, 9.17) is 5.73 Å². The van der Waals surface area contributed by atoms with E-state index in [2.05, 4.69) is 5.32 Å². The van der Waals surface area contributed by atoms with Gasteiger partial charge in [0.1, 0.15) is 0 Å². The van der Waals surface area contributed by atoms with E-state index >= 15 is 0 Å². The fourth-order valence-electron chi connectivity index (χ4n) is 1.54. The lowest BCUT2D eigenvalue weighted by Crippen LogP contribution is -2.53. The summed E-state index contributed by atoms with van der Waals surface area (Å²) < 4.78 is 35.6. The third kappa shape index (κ3) is 4.21. The molecular formula is C9H15F3N2OS. The fourth-order valence-corrected chi connectivity index (χ4v) is 1.91. The number of halogens is 3. The van der Waals surface area contributed by atoms with Gasteiger partial charge in [-0.15, -0.1) is 0 Å². The molecule has 94 valence electrons. The summed E-state index contributed by atoms with van der Waals surface area (Å²) >= 11 is -0.328. The third-order valence-corrected chi connectivity index (χ3v) is 3.43. The lowest BCUT2D eigenvalue weighted by molar-refractivity contribution is -0.120. The summed E-state index contributed by atoms with van der Waals surface area (Å²) in [5.41, 5.74) is 0.617. The van der Waals surface area contributed by atoms with Gasteiger partial charge in [0.05, 0.1) is 11.3 Å². The highest BCUT2D eigenvalue weighted by molar-refractivity contribution is 8.00. The second-order valence-electron chi connectivity index (χ2n) is 4.18. The minimum atomic E-state index is -4.37. The number of carbonyl (C=O) groups excluding carboxylic acids is 1. The normalized spacial score (nSPS) is 20.3. The molecule has 1 aliphatic rings. The molecule has 0 aromatic rings. The van der Waals surface area contributed by atoms with Crippen LogP contribution in [0.2, 0.25) is 0 Å². The second-order valence-corrected chi connectivity index (χ2v) is 5.22. The molecule has 1 unspecified atom stereocenters. The molecule has 0 aromatic heterocycles. The van der Waals surface area contributed by atoms with E-state index in [9.17, 15) is 18.0 Å². The molecule has 1 fully saturated rings. The molecule has 1 rings (SSSR count). The van der Waals surface area contributed by atoms with Crippen LogP contribution in [0.5, 0.6) is 0 Å². The molecular weight excluding hydrogens is 241 g/mol. The van der Waals surface area contributed by atoms with Crippen LogP contribution < -0.4 is 11.1 Å². The van der Waals surface area contributed by atoms with Gasteiger partial charge in [0.25, 0.3) is 0 Å². The Morgan fingerprint density at radius 3 is 2.44 bits per heavy atom. The molecule has 3 N–H and O–H groups in total. The maximum Gasteiger partial charge on any atom is 0.442 e. The Hall–Kier alpha value is -0.430. The highest BCUT2D eigenvalue weighted by Gasteiger charge is 2.41. The molecule has 16 heavy (non-hydrogen) atoms. The smallest absolute Gasteiger partial charge is 0.349 e. The number of rotatable bonds is 5. The van der Waals surface area contributed by atoms with Crippen molar-refractivity contribution in [1.29, 1.82) is 0 Å². The van der Waals surface area contributed by atoms with Crippen LogP contribution in [0.15, 0.2) is 0 Å². The number of hydrogen-bond donors (Lipinski definition) is 2. The Kier molecular flexibility index (Phi) is 4.12. The van der Waals surface area contributed by atoms with Crippen LogP contribution in [-0.2, 0) is 4.79 Å². The van der Waals surface area contributed by atoms with Crippen molar-refractivity contribution < 1.29 is 18.0 Å². The predicted octanol–water partition coefficient (Wildman–Crippen LogP) is 1.48. The summed E-state index contributed by atoms with van der Waals surface area (Å²) in [5, 5.41) is 2.59. The van der Waals surface area contributed by atoms with E-state index in [1.165, 1.54) is 0 Å². The molecule has 0 heterocycles. The van der Waals surface area contributed by atoms with E-state index in [0.29, 0.717) is 5.92 Å². The van der Waals surface area contributed by atoms with Crippen molar-refractivity contribution in [2.24, 2.45) is 11.7 Å². The molecule has 0 aliphatic heterocycles. The number of amides is 1. The fraction of sp³-hybridized carbons (Fsp3) is 0.889. The maximum atomic E-state index is 11.9. The van der Waals surface area contributed by atoms with Crippen LogP contribution in [0, 0.1) is 5.92 Å². The number of nitrogens with two attached hydrogens (primary N) is 1. The van der Waals surface area contributed by atoms with Gasteiger partial charge in [-0.25, -0.2) is 0 Å². The van der Waals surface area contributed by atoms with Crippen LogP contribution >= 0.6 is 11.8 Å². The zero-order chi connectivity index (χ0) is 12.4. The van der Waals surface area contributed by atoms with Gasteiger partial charge in [0.15, 0.2) is 0 Å². The molecule has 1 amide bonds. The van der Waals surface area contributed by atoms with Gasteiger partial charge in [0.2, 0.25) is 5.91 Å². The van der Waals surface area contributed by atoms with Gasteiger partial charge in [-0.2, -0.15) is 13.2 Å². The Bertz CT molecular complexity index is 268. The minimum Gasteiger partial charge on any atom is -0.349 e. The van der Waals surface area contributed by atoms with Crippen LogP contribution in [0.1, 0.15) is 19.8 Å². The first-order valence-electron chi connectivity index (χ1n) is 4.98. The Labute approximate surface area is 96.3 Å². The SMILES string of the molecule is CC(CN)(NC(=O)CSC(F)(F)F)C1CC1. The average molecular weight is 256 g/mol. The number of thioether (sulfide) groups is 1. The van der Waals surface area contributed by atoms with Crippen LogP contribution in [0.25, 0.3) is 0 Å². The standard InChI is InChI=1S/C9H15F3N2OS/c1-8(5-13,6-2-3-6)14-7(15)4-16-9(10,11)12/h6H,2-5,13H2,1H3,(H,14,15). The van der Waals surface area contributed by atoms with Crippen molar-refractivity contribution in [3.8, 4) is 0 Å². The van der Waals surface area contributed by atoms with Gasteiger partial charge in [-0.05, 0) is 37.4 Å². The highest BCUT2D eigenvalue weighted by Crippen LogP contribution is 2.39. The van der Waals surface area contributed by atoms with Crippen molar-refractivity contribution in [3.05, 3.63) is 0 Å². The first-order valence-corrected chi connectivity index (χ1v) is 5.97. The molecule has 1 atom stereocenters. The van der Waals surface area contributed by atoms with E-state index in [-0.39, 0.29) is 18.3 Å². The maximum absolute atomic E-state index is 11.9. The zero-order valence-corrected chi connectivity index (χ0v) is 9.75. The minimum absolute atomic E-state index is 0.250. The lowest BCUT2D eigenvalue weighted by atomic mass is 9.96. The summed E-state index contributed by atoms with van der Waals surface area (Å²) in [5.74, 6) is -0.911. The van der Waals surface area contributed by atoms with Gasteiger partial charge in [-0.1, -0.05) is 0 Å². The summed E-state index contributed by atoms with van der Waals surface area (Å²) in [4.78, 5) is 11.3. The van der Waals surface area contributed by atoms with Gasteiger partial charge < -0.3 is 11.1 Å². The number of nitrogens with one attached hydrogen (secondary N) is 1. The van der Waals surface area contributed by atoms with E-state index in [1.54, 1.807) is 6.92 Å². The van der Waals surface area contributed by atoms with Crippen LogP contribution in [0.4, 0.5) is 13.2 Å². The molecule has 1 saturated carbocycles.